The van der Waals surface area contributed by atoms with Gasteiger partial charge in [-0.2, -0.15) is 13.2 Å². The average molecular weight is 332 g/mol. The summed E-state index contributed by atoms with van der Waals surface area (Å²) in [7, 11) is 0. The largest absolute Gasteiger partial charge is 0.486 e. The molecule has 7 heteroatoms. The van der Waals surface area contributed by atoms with E-state index in [9.17, 15) is 13.2 Å². The van der Waals surface area contributed by atoms with Gasteiger partial charge in [-0.15, -0.1) is 11.6 Å². The number of halogens is 5. The molecule has 1 heterocycles. The van der Waals surface area contributed by atoms with E-state index in [-0.39, 0.29) is 15.8 Å². The summed E-state index contributed by atoms with van der Waals surface area (Å²) in [4.78, 5) is 0. The fraction of sp³-hybridized carbons (Fsp3) is 0.400. The van der Waals surface area contributed by atoms with Crippen LogP contribution in [0.15, 0.2) is 16.6 Å². The van der Waals surface area contributed by atoms with Crippen molar-refractivity contribution in [2.75, 3.05) is 13.2 Å². The highest BCUT2D eigenvalue weighted by Gasteiger charge is 2.41. The Balaban J connectivity index is 2.41. The van der Waals surface area contributed by atoms with Gasteiger partial charge in [0.2, 0.25) is 0 Å². The van der Waals surface area contributed by atoms with E-state index in [1.54, 1.807) is 0 Å². The second kappa shape index (κ2) is 4.57. The summed E-state index contributed by atoms with van der Waals surface area (Å²) in [6.07, 6.45) is -4.51. The molecule has 2 rings (SSSR count). The first kappa shape index (κ1) is 12.8. The second-order valence-electron chi connectivity index (χ2n) is 3.42. The minimum atomic E-state index is -4.51. The smallest absolute Gasteiger partial charge is 0.408 e. The fourth-order valence-electron chi connectivity index (χ4n) is 1.45. The number of hydrogen-bond donors (Lipinski definition) is 0. The highest BCUT2D eigenvalue weighted by atomic mass is 79.9. The van der Waals surface area contributed by atoms with Gasteiger partial charge in [-0.3, -0.25) is 0 Å². The quantitative estimate of drug-likeness (QED) is 0.723. The number of hydrogen-bond acceptors (Lipinski definition) is 2. The van der Waals surface area contributed by atoms with E-state index in [0.717, 1.165) is 0 Å². The zero-order valence-corrected chi connectivity index (χ0v) is 10.7. The predicted molar refractivity (Wildman–Crippen MR) is 59.8 cm³/mol. The molecule has 0 saturated carbocycles. The summed E-state index contributed by atoms with van der Waals surface area (Å²) >= 11 is 8.43. The van der Waals surface area contributed by atoms with Gasteiger partial charge in [0.05, 0.1) is 0 Å². The van der Waals surface area contributed by atoms with Gasteiger partial charge in [0, 0.05) is 4.47 Å². The lowest BCUT2D eigenvalue weighted by atomic mass is 10.1. The van der Waals surface area contributed by atoms with Crippen LogP contribution in [0.3, 0.4) is 0 Å². The van der Waals surface area contributed by atoms with Gasteiger partial charge in [0.15, 0.2) is 16.9 Å². The van der Waals surface area contributed by atoms with Gasteiger partial charge in [-0.25, -0.2) is 0 Å². The van der Waals surface area contributed by atoms with Gasteiger partial charge >= 0.3 is 6.18 Å². The molecule has 0 aliphatic carbocycles. The van der Waals surface area contributed by atoms with Gasteiger partial charge < -0.3 is 9.47 Å². The lowest BCUT2D eigenvalue weighted by Crippen LogP contribution is -2.18. The van der Waals surface area contributed by atoms with E-state index >= 15 is 0 Å². The van der Waals surface area contributed by atoms with E-state index in [1.165, 1.54) is 12.1 Å². The molecule has 0 saturated heterocycles. The first-order valence-corrected chi connectivity index (χ1v) is 5.92. The molecule has 1 aromatic rings. The molecule has 1 atom stereocenters. The van der Waals surface area contributed by atoms with Gasteiger partial charge in [0.1, 0.15) is 13.2 Å². The molecule has 0 radical (unpaired) electrons. The maximum atomic E-state index is 12.5. The van der Waals surface area contributed by atoms with Crippen LogP contribution < -0.4 is 9.47 Å². The Morgan fingerprint density at radius 3 is 2.24 bits per heavy atom. The Hall–Kier alpha value is -0.620. The van der Waals surface area contributed by atoms with Crippen molar-refractivity contribution in [3.05, 3.63) is 22.2 Å². The Morgan fingerprint density at radius 1 is 1.18 bits per heavy atom. The van der Waals surface area contributed by atoms with Crippen molar-refractivity contribution in [3.8, 4) is 11.5 Å². The molecule has 1 aliphatic heterocycles. The van der Waals surface area contributed by atoms with Crippen LogP contribution >= 0.6 is 27.5 Å². The van der Waals surface area contributed by atoms with Gasteiger partial charge in [-0.05, 0) is 17.7 Å². The first-order valence-electron chi connectivity index (χ1n) is 4.69. The van der Waals surface area contributed by atoms with E-state index in [2.05, 4.69) is 15.9 Å². The molecule has 2 nitrogen and oxygen atoms in total. The first-order chi connectivity index (χ1) is 7.89. The molecule has 94 valence electrons. The highest BCUT2D eigenvalue weighted by molar-refractivity contribution is 9.10. The van der Waals surface area contributed by atoms with Crippen LogP contribution in [-0.4, -0.2) is 19.4 Å². The molecule has 0 amide bonds. The van der Waals surface area contributed by atoms with Crippen molar-refractivity contribution in [3.63, 3.8) is 0 Å². The van der Waals surface area contributed by atoms with Crippen molar-refractivity contribution in [2.45, 2.75) is 11.6 Å². The molecule has 1 unspecified atom stereocenters. The predicted octanol–water partition coefficient (Wildman–Crippen LogP) is 4.06. The zero-order chi connectivity index (χ0) is 12.6. The van der Waals surface area contributed by atoms with Crippen LogP contribution in [-0.2, 0) is 0 Å². The van der Waals surface area contributed by atoms with Crippen molar-refractivity contribution in [1.29, 1.82) is 0 Å². The molecule has 0 spiro atoms. The number of rotatable bonds is 1. The van der Waals surface area contributed by atoms with Crippen LogP contribution in [0, 0.1) is 0 Å². The SMILES string of the molecule is FC(F)(F)C(Cl)c1cc2c(cc1Br)OCCO2. The highest BCUT2D eigenvalue weighted by Crippen LogP contribution is 2.45. The average Bonchev–Trinajstić information content (AvgIpc) is 2.26. The van der Waals surface area contributed by atoms with E-state index in [4.69, 9.17) is 21.1 Å². The summed E-state index contributed by atoms with van der Waals surface area (Å²) in [6.45, 7) is 0.690. The molecule has 0 aromatic heterocycles. The number of ether oxygens (including phenoxy) is 2. The summed E-state index contributed by atoms with van der Waals surface area (Å²) in [5.74, 6) is 0.697. The lowest BCUT2D eigenvalue weighted by Gasteiger charge is -2.22. The number of benzene rings is 1. The maximum Gasteiger partial charge on any atom is 0.408 e. The molecular weight excluding hydrogens is 324 g/mol. The van der Waals surface area contributed by atoms with E-state index in [0.29, 0.717) is 19.0 Å². The van der Waals surface area contributed by atoms with Crippen LogP contribution in [0.25, 0.3) is 0 Å². The Bertz CT molecular complexity index is 436. The van der Waals surface area contributed by atoms with Gasteiger partial charge in [-0.1, -0.05) is 15.9 Å². The minimum absolute atomic E-state index is 0.0802. The van der Waals surface area contributed by atoms with Crippen molar-refractivity contribution in [2.24, 2.45) is 0 Å². The Labute approximate surface area is 109 Å². The minimum Gasteiger partial charge on any atom is -0.486 e. The summed E-state index contributed by atoms with van der Waals surface area (Å²) < 4.78 is 48.3. The summed E-state index contributed by atoms with van der Waals surface area (Å²) in [6, 6.07) is 2.69. The number of fused-ring (bicyclic) bond motifs is 1. The topological polar surface area (TPSA) is 18.5 Å². The third kappa shape index (κ3) is 2.63. The standard InChI is InChI=1S/C10H7BrClF3O2/c11-6-4-8-7(16-1-2-17-8)3-5(6)9(12)10(13,14)15/h3-4,9H,1-2H2. The molecule has 0 bridgehead atoms. The molecule has 1 aliphatic rings. The van der Waals surface area contributed by atoms with E-state index in [1.807, 2.05) is 0 Å². The molecule has 0 N–H and O–H groups in total. The summed E-state index contributed by atoms with van der Waals surface area (Å²) in [5.41, 5.74) is -0.0802. The van der Waals surface area contributed by atoms with Crippen LogP contribution in [0.4, 0.5) is 13.2 Å². The Morgan fingerprint density at radius 2 is 1.71 bits per heavy atom. The lowest BCUT2D eigenvalue weighted by molar-refractivity contribution is -0.131. The van der Waals surface area contributed by atoms with Crippen LogP contribution in [0.5, 0.6) is 11.5 Å². The van der Waals surface area contributed by atoms with Crippen LogP contribution in [0.2, 0.25) is 0 Å². The number of alkyl halides is 4. The molecule has 0 fully saturated rings. The molecule has 17 heavy (non-hydrogen) atoms. The third-order valence-electron chi connectivity index (χ3n) is 2.22. The van der Waals surface area contributed by atoms with Crippen molar-refractivity contribution >= 4 is 27.5 Å². The normalized spacial score (nSPS) is 16.8. The second-order valence-corrected chi connectivity index (χ2v) is 4.71. The fourth-order valence-corrected chi connectivity index (χ4v) is 2.31. The zero-order valence-electron chi connectivity index (χ0n) is 8.35. The van der Waals surface area contributed by atoms with Crippen molar-refractivity contribution < 1.29 is 22.6 Å². The van der Waals surface area contributed by atoms with Crippen molar-refractivity contribution in [1.82, 2.24) is 0 Å². The Kier molecular flexibility index (Phi) is 3.45. The molecule has 1 aromatic carbocycles. The third-order valence-corrected chi connectivity index (χ3v) is 3.39. The summed E-state index contributed by atoms with van der Waals surface area (Å²) in [5, 5.41) is -2.08. The van der Waals surface area contributed by atoms with E-state index < -0.39 is 11.6 Å². The van der Waals surface area contributed by atoms with Crippen LogP contribution in [0.1, 0.15) is 10.9 Å². The monoisotopic (exact) mass is 330 g/mol. The molecular formula is C10H7BrClF3O2. The maximum absolute atomic E-state index is 12.5. The van der Waals surface area contributed by atoms with Gasteiger partial charge in [0.25, 0.3) is 0 Å².